The van der Waals surface area contributed by atoms with Crippen molar-refractivity contribution in [2.75, 3.05) is 31.9 Å². The Morgan fingerprint density at radius 1 is 1.00 bits per heavy atom. The molecule has 0 radical (unpaired) electrons. The van der Waals surface area contributed by atoms with Crippen LogP contribution in [0.3, 0.4) is 0 Å². The third-order valence-corrected chi connectivity index (χ3v) is 6.23. The Morgan fingerprint density at radius 2 is 1.57 bits per heavy atom. The van der Waals surface area contributed by atoms with Gasteiger partial charge in [-0.2, -0.15) is 4.98 Å². The summed E-state index contributed by atoms with van der Waals surface area (Å²) in [5.74, 6) is 2.81. The summed E-state index contributed by atoms with van der Waals surface area (Å²) in [6, 6.07) is 5.95. The maximum absolute atomic E-state index is 5.35. The molecule has 1 aliphatic heterocycles. The van der Waals surface area contributed by atoms with E-state index in [-0.39, 0.29) is 11.1 Å². The fraction of sp³-hybridized carbons (Fsp3) is 0.565. The number of nitrogens with zero attached hydrogens (tertiary/aromatic N) is 3. The number of benzene rings is 1. The van der Waals surface area contributed by atoms with Gasteiger partial charge in [-0.3, -0.25) is 4.90 Å². The number of nitrogens with one attached hydrogen (secondary N) is 2. The van der Waals surface area contributed by atoms with Crippen LogP contribution < -0.4 is 20.1 Å². The number of hydrogen-bond donors (Lipinski definition) is 2. The summed E-state index contributed by atoms with van der Waals surface area (Å²) in [5.41, 5.74) is 2.05. The van der Waals surface area contributed by atoms with Gasteiger partial charge in [-0.15, -0.1) is 0 Å². The molecule has 30 heavy (non-hydrogen) atoms. The van der Waals surface area contributed by atoms with E-state index in [0.717, 1.165) is 29.9 Å². The van der Waals surface area contributed by atoms with E-state index in [1.54, 1.807) is 14.2 Å². The average molecular weight is 414 g/mol. The lowest BCUT2D eigenvalue weighted by atomic mass is 9.77. The van der Waals surface area contributed by atoms with Crippen LogP contribution in [0.1, 0.15) is 46.1 Å². The average Bonchev–Trinajstić information content (AvgIpc) is 2.68. The Kier molecular flexibility index (Phi) is 6.13. The third-order valence-electron chi connectivity index (χ3n) is 6.23. The zero-order chi connectivity index (χ0) is 22.1. The molecule has 7 nitrogen and oxygen atoms in total. The number of ether oxygens (including phenoxy) is 2. The van der Waals surface area contributed by atoms with Crippen LogP contribution in [-0.2, 0) is 0 Å². The van der Waals surface area contributed by atoms with E-state index in [9.17, 15) is 0 Å². The Hall–Kier alpha value is -2.54. The van der Waals surface area contributed by atoms with E-state index in [0.29, 0.717) is 23.5 Å². The molecule has 7 heteroatoms. The van der Waals surface area contributed by atoms with Gasteiger partial charge in [0.1, 0.15) is 17.3 Å². The summed E-state index contributed by atoms with van der Waals surface area (Å²) in [6.45, 7) is 11.3. The number of aryl methyl sites for hydroxylation is 1. The van der Waals surface area contributed by atoms with Crippen molar-refractivity contribution in [1.82, 2.24) is 14.9 Å². The second kappa shape index (κ2) is 8.30. The summed E-state index contributed by atoms with van der Waals surface area (Å²) in [4.78, 5) is 11.7. The topological polar surface area (TPSA) is 71.5 Å². The van der Waals surface area contributed by atoms with Crippen molar-refractivity contribution in [3.8, 4) is 11.5 Å². The summed E-state index contributed by atoms with van der Waals surface area (Å²) in [5, 5.41) is 6.95. The predicted molar refractivity (Wildman–Crippen MR) is 122 cm³/mol. The van der Waals surface area contributed by atoms with Gasteiger partial charge in [0.05, 0.1) is 14.2 Å². The standard InChI is InChI=1S/C23H35N5O2/c1-15-14-24-21(26-16-9-18(29-7)11-19(10-16)30-8)27-20(15)25-17-12-22(2,3)28(6)23(4,5)13-17/h9-11,14,17H,12-13H2,1-8H3,(H2,24,25,26,27). The van der Waals surface area contributed by atoms with E-state index in [2.05, 4.69) is 55.3 Å². The van der Waals surface area contributed by atoms with Crippen molar-refractivity contribution in [2.45, 2.75) is 64.6 Å². The summed E-state index contributed by atoms with van der Waals surface area (Å²) < 4.78 is 10.7. The summed E-state index contributed by atoms with van der Waals surface area (Å²) in [7, 11) is 5.48. The highest BCUT2D eigenvalue weighted by Gasteiger charge is 2.43. The Balaban J connectivity index is 1.81. The van der Waals surface area contributed by atoms with E-state index >= 15 is 0 Å². The molecule has 1 fully saturated rings. The molecule has 1 aromatic carbocycles. The van der Waals surface area contributed by atoms with Gasteiger partial charge in [0.2, 0.25) is 5.95 Å². The van der Waals surface area contributed by atoms with E-state index in [4.69, 9.17) is 14.5 Å². The van der Waals surface area contributed by atoms with Crippen LogP contribution in [0.5, 0.6) is 11.5 Å². The van der Waals surface area contributed by atoms with Crippen LogP contribution in [0, 0.1) is 6.92 Å². The van der Waals surface area contributed by atoms with Crippen LogP contribution in [0.4, 0.5) is 17.5 Å². The normalized spacial score (nSPS) is 18.7. The lowest BCUT2D eigenvalue weighted by Gasteiger charge is -2.53. The molecule has 2 N–H and O–H groups in total. The monoisotopic (exact) mass is 413 g/mol. The molecule has 3 rings (SSSR count). The fourth-order valence-corrected chi connectivity index (χ4v) is 4.32. The SMILES string of the molecule is COc1cc(Nc2ncc(C)c(NC3CC(C)(C)N(C)C(C)(C)C3)n2)cc(OC)c1. The number of hydrogen-bond acceptors (Lipinski definition) is 7. The minimum atomic E-state index is 0.110. The number of likely N-dealkylation sites (tertiary alicyclic amines) is 1. The van der Waals surface area contributed by atoms with Crippen molar-refractivity contribution in [3.63, 3.8) is 0 Å². The van der Waals surface area contributed by atoms with E-state index in [1.807, 2.05) is 31.3 Å². The Morgan fingerprint density at radius 3 is 2.10 bits per heavy atom. The van der Waals surface area contributed by atoms with Gasteiger partial charge in [0.15, 0.2) is 0 Å². The van der Waals surface area contributed by atoms with Gasteiger partial charge in [-0.1, -0.05) is 0 Å². The molecule has 0 aliphatic carbocycles. The molecular formula is C23H35N5O2. The molecule has 0 bridgehead atoms. The molecule has 0 spiro atoms. The van der Waals surface area contributed by atoms with Crippen LogP contribution >= 0.6 is 0 Å². The zero-order valence-corrected chi connectivity index (χ0v) is 19.5. The molecular weight excluding hydrogens is 378 g/mol. The number of piperidine rings is 1. The molecule has 1 aliphatic rings. The lowest BCUT2D eigenvalue weighted by molar-refractivity contribution is -0.00773. The highest BCUT2D eigenvalue weighted by Crippen LogP contribution is 2.38. The number of methoxy groups -OCH3 is 2. The molecule has 0 saturated carbocycles. The first kappa shape index (κ1) is 22.2. The summed E-state index contributed by atoms with van der Waals surface area (Å²) in [6.07, 6.45) is 3.94. The lowest BCUT2D eigenvalue weighted by Crippen LogP contribution is -2.61. The number of anilines is 3. The second-order valence-corrected chi connectivity index (χ2v) is 9.38. The molecule has 2 heterocycles. The van der Waals surface area contributed by atoms with Crippen molar-refractivity contribution in [1.29, 1.82) is 0 Å². The highest BCUT2D eigenvalue weighted by molar-refractivity contribution is 5.61. The van der Waals surface area contributed by atoms with Crippen LogP contribution in [0.25, 0.3) is 0 Å². The van der Waals surface area contributed by atoms with Crippen LogP contribution in [0.2, 0.25) is 0 Å². The molecule has 1 saturated heterocycles. The van der Waals surface area contributed by atoms with Gasteiger partial charge in [-0.05, 0) is 54.5 Å². The van der Waals surface area contributed by atoms with Crippen LogP contribution in [-0.4, -0.2) is 53.3 Å². The third kappa shape index (κ3) is 4.78. The second-order valence-electron chi connectivity index (χ2n) is 9.38. The van der Waals surface area contributed by atoms with E-state index in [1.165, 1.54) is 0 Å². The van der Waals surface area contributed by atoms with Crippen molar-refractivity contribution >= 4 is 17.5 Å². The molecule has 164 valence electrons. The van der Waals surface area contributed by atoms with Crippen molar-refractivity contribution in [3.05, 3.63) is 30.0 Å². The van der Waals surface area contributed by atoms with Gasteiger partial charge in [0.25, 0.3) is 0 Å². The van der Waals surface area contributed by atoms with Crippen molar-refractivity contribution in [2.24, 2.45) is 0 Å². The fourth-order valence-electron chi connectivity index (χ4n) is 4.32. The largest absolute Gasteiger partial charge is 0.497 e. The quantitative estimate of drug-likeness (QED) is 0.716. The Bertz CT molecular complexity index is 857. The van der Waals surface area contributed by atoms with Gasteiger partial charge < -0.3 is 20.1 Å². The summed E-state index contributed by atoms with van der Waals surface area (Å²) >= 11 is 0. The van der Waals surface area contributed by atoms with Crippen LogP contribution in [0.15, 0.2) is 24.4 Å². The first-order valence-electron chi connectivity index (χ1n) is 10.4. The minimum absolute atomic E-state index is 0.110. The number of rotatable bonds is 6. The molecule has 1 aromatic heterocycles. The first-order chi connectivity index (χ1) is 14.0. The Labute approximate surface area is 180 Å². The molecule has 0 unspecified atom stereocenters. The minimum Gasteiger partial charge on any atom is -0.497 e. The van der Waals surface area contributed by atoms with Gasteiger partial charge >= 0.3 is 0 Å². The predicted octanol–water partition coefficient (Wildman–Crippen LogP) is 4.61. The highest BCUT2D eigenvalue weighted by atomic mass is 16.5. The van der Waals surface area contributed by atoms with Gasteiger partial charge in [0, 0.05) is 52.8 Å². The van der Waals surface area contributed by atoms with Crippen molar-refractivity contribution < 1.29 is 9.47 Å². The zero-order valence-electron chi connectivity index (χ0n) is 19.5. The van der Waals surface area contributed by atoms with Gasteiger partial charge in [-0.25, -0.2) is 4.98 Å². The molecule has 0 amide bonds. The maximum Gasteiger partial charge on any atom is 0.229 e. The smallest absolute Gasteiger partial charge is 0.229 e. The number of aromatic nitrogens is 2. The van der Waals surface area contributed by atoms with E-state index < -0.39 is 0 Å². The molecule has 2 aromatic rings. The molecule has 0 atom stereocenters. The maximum atomic E-state index is 5.35. The first-order valence-corrected chi connectivity index (χ1v) is 10.4.